The Labute approximate surface area is 166 Å². The molecule has 10 heteroatoms. The Morgan fingerprint density at radius 2 is 1.83 bits per heavy atom. The fraction of sp³-hybridized carbons (Fsp3) is 0.316. The number of nitrogens with zero attached hydrogens (tertiary/aromatic N) is 3. The fourth-order valence-corrected chi connectivity index (χ4v) is 3.45. The van der Waals surface area contributed by atoms with Gasteiger partial charge in [0.05, 0.1) is 15.9 Å². The first kappa shape index (κ1) is 20.1. The molecule has 0 bridgehead atoms. The number of non-ortho nitro benzene ring substituents is 1. The SMILES string of the molecule is O=C(NCC1CCCCN1c1ccc([N+](=O)[O-])cc1[N+](=O)[O-])Nc1ccccc1. The molecule has 2 N–H and O–H groups in total. The maximum Gasteiger partial charge on any atom is 0.319 e. The third kappa shape index (κ3) is 4.98. The van der Waals surface area contributed by atoms with Crippen molar-refractivity contribution in [1.82, 2.24) is 5.32 Å². The largest absolute Gasteiger partial charge is 0.361 e. The van der Waals surface area contributed by atoms with E-state index in [4.69, 9.17) is 0 Å². The first-order chi connectivity index (χ1) is 14.0. The highest BCUT2D eigenvalue weighted by atomic mass is 16.6. The number of nitro benzene ring substituents is 2. The average Bonchev–Trinajstić information content (AvgIpc) is 2.72. The number of benzene rings is 2. The number of carbonyl (C=O) groups is 1. The Balaban J connectivity index is 1.73. The van der Waals surface area contributed by atoms with E-state index in [2.05, 4.69) is 10.6 Å². The highest BCUT2D eigenvalue weighted by Crippen LogP contribution is 2.35. The van der Waals surface area contributed by atoms with Gasteiger partial charge in [0.1, 0.15) is 5.69 Å². The molecule has 1 aliphatic rings. The highest BCUT2D eigenvalue weighted by molar-refractivity contribution is 5.89. The summed E-state index contributed by atoms with van der Waals surface area (Å²) in [5.41, 5.74) is 0.362. The highest BCUT2D eigenvalue weighted by Gasteiger charge is 2.30. The van der Waals surface area contributed by atoms with Crippen LogP contribution in [-0.2, 0) is 0 Å². The topological polar surface area (TPSA) is 131 Å². The molecular weight excluding hydrogens is 378 g/mol. The van der Waals surface area contributed by atoms with E-state index >= 15 is 0 Å². The van der Waals surface area contributed by atoms with Crippen LogP contribution in [0.3, 0.4) is 0 Å². The Bertz CT molecular complexity index is 905. The van der Waals surface area contributed by atoms with Gasteiger partial charge >= 0.3 is 6.03 Å². The summed E-state index contributed by atoms with van der Waals surface area (Å²) in [5, 5.41) is 28.0. The van der Waals surface area contributed by atoms with Gasteiger partial charge in [-0.3, -0.25) is 20.2 Å². The van der Waals surface area contributed by atoms with Crippen LogP contribution in [0.25, 0.3) is 0 Å². The van der Waals surface area contributed by atoms with Gasteiger partial charge in [0.2, 0.25) is 0 Å². The Hall–Kier alpha value is -3.69. The molecule has 2 aromatic rings. The Kier molecular flexibility index (Phi) is 6.22. The zero-order valence-corrected chi connectivity index (χ0v) is 15.6. The Morgan fingerprint density at radius 1 is 1.07 bits per heavy atom. The number of hydrogen-bond donors (Lipinski definition) is 2. The molecule has 3 rings (SSSR count). The lowest BCUT2D eigenvalue weighted by Crippen LogP contribution is -2.47. The van der Waals surface area contributed by atoms with E-state index in [-0.39, 0.29) is 23.4 Å². The molecular formula is C19H21N5O5. The summed E-state index contributed by atoms with van der Waals surface area (Å²) in [6, 6.07) is 12.2. The van der Waals surface area contributed by atoms with Crippen molar-refractivity contribution in [3.05, 3.63) is 68.8 Å². The number of carbonyl (C=O) groups excluding carboxylic acids is 1. The van der Waals surface area contributed by atoms with Gasteiger partial charge in [0, 0.05) is 30.9 Å². The van der Waals surface area contributed by atoms with E-state index < -0.39 is 9.85 Å². The molecule has 0 spiro atoms. The van der Waals surface area contributed by atoms with Gasteiger partial charge < -0.3 is 15.5 Å². The van der Waals surface area contributed by atoms with Crippen LogP contribution in [0, 0.1) is 20.2 Å². The van der Waals surface area contributed by atoms with Crippen LogP contribution < -0.4 is 15.5 Å². The molecule has 1 fully saturated rings. The van der Waals surface area contributed by atoms with Gasteiger partial charge in [-0.2, -0.15) is 0 Å². The van der Waals surface area contributed by atoms with Crippen molar-refractivity contribution < 1.29 is 14.6 Å². The van der Waals surface area contributed by atoms with Gasteiger partial charge in [-0.05, 0) is 37.5 Å². The van der Waals surface area contributed by atoms with Crippen LogP contribution >= 0.6 is 0 Å². The molecule has 1 unspecified atom stereocenters. The van der Waals surface area contributed by atoms with Gasteiger partial charge in [-0.1, -0.05) is 18.2 Å². The zero-order chi connectivity index (χ0) is 20.8. The first-order valence-corrected chi connectivity index (χ1v) is 9.25. The lowest BCUT2D eigenvalue weighted by Gasteiger charge is -2.37. The zero-order valence-electron chi connectivity index (χ0n) is 15.6. The molecule has 1 saturated heterocycles. The second-order valence-corrected chi connectivity index (χ2v) is 6.73. The maximum absolute atomic E-state index is 12.2. The maximum atomic E-state index is 12.2. The van der Waals surface area contributed by atoms with Crippen LogP contribution in [0.5, 0.6) is 0 Å². The standard InChI is InChI=1S/C19H21N5O5/c25-19(21-14-6-2-1-3-7-14)20-13-16-8-4-5-11-22(16)17-10-9-15(23(26)27)12-18(17)24(28)29/h1-3,6-7,9-10,12,16H,4-5,8,11,13H2,(H2,20,21,25). The van der Waals surface area contributed by atoms with Crippen molar-refractivity contribution in [3.8, 4) is 0 Å². The number of piperidine rings is 1. The molecule has 1 heterocycles. The molecule has 29 heavy (non-hydrogen) atoms. The summed E-state index contributed by atoms with van der Waals surface area (Å²) in [6.45, 7) is 0.873. The van der Waals surface area contributed by atoms with E-state index in [0.29, 0.717) is 24.5 Å². The quantitative estimate of drug-likeness (QED) is 0.563. The predicted octanol–water partition coefficient (Wildman–Crippen LogP) is 3.68. The van der Waals surface area contributed by atoms with Crippen LogP contribution in [0.2, 0.25) is 0 Å². The summed E-state index contributed by atoms with van der Waals surface area (Å²) < 4.78 is 0. The van der Waals surface area contributed by atoms with E-state index in [9.17, 15) is 25.0 Å². The number of amides is 2. The number of nitrogens with one attached hydrogen (secondary N) is 2. The number of rotatable bonds is 6. The third-order valence-corrected chi connectivity index (χ3v) is 4.83. The second-order valence-electron chi connectivity index (χ2n) is 6.73. The summed E-state index contributed by atoms with van der Waals surface area (Å²) in [5.74, 6) is 0. The monoisotopic (exact) mass is 399 g/mol. The van der Waals surface area contributed by atoms with Crippen LogP contribution in [0.4, 0.5) is 27.5 Å². The normalized spacial score (nSPS) is 16.1. The molecule has 1 atom stereocenters. The molecule has 1 aliphatic heterocycles. The summed E-state index contributed by atoms with van der Waals surface area (Å²) in [4.78, 5) is 35.2. The lowest BCUT2D eigenvalue weighted by molar-refractivity contribution is -0.393. The minimum atomic E-state index is -0.653. The summed E-state index contributed by atoms with van der Waals surface area (Å²) in [7, 11) is 0. The molecule has 2 amide bonds. The molecule has 10 nitrogen and oxygen atoms in total. The van der Waals surface area contributed by atoms with Crippen molar-refractivity contribution in [2.45, 2.75) is 25.3 Å². The van der Waals surface area contributed by atoms with Gasteiger partial charge in [-0.15, -0.1) is 0 Å². The Morgan fingerprint density at radius 3 is 2.52 bits per heavy atom. The number of urea groups is 1. The van der Waals surface area contributed by atoms with Gasteiger partial charge in [0.15, 0.2) is 0 Å². The number of hydrogen-bond acceptors (Lipinski definition) is 6. The third-order valence-electron chi connectivity index (χ3n) is 4.83. The minimum absolute atomic E-state index is 0.148. The lowest BCUT2D eigenvalue weighted by atomic mass is 10.0. The second kappa shape index (κ2) is 9.00. The molecule has 0 aliphatic carbocycles. The van der Waals surface area contributed by atoms with Crippen LogP contribution in [-0.4, -0.2) is 35.0 Å². The molecule has 0 aromatic heterocycles. The fourth-order valence-electron chi connectivity index (χ4n) is 3.45. The van der Waals surface area contributed by atoms with E-state index in [1.54, 1.807) is 12.1 Å². The average molecular weight is 399 g/mol. The van der Waals surface area contributed by atoms with Crippen molar-refractivity contribution in [1.29, 1.82) is 0 Å². The predicted molar refractivity (Wildman–Crippen MR) is 108 cm³/mol. The first-order valence-electron chi connectivity index (χ1n) is 9.25. The molecule has 152 valence electrons. The van der Waals surface area contributed by atoms with Crippen LogP contribution in [0.15, 0.2) is 48.5 Å². The molecule has 0 saturated carbocycles. The van der Waals surface area contributed by atoms with Crippen molar-refractivity contribution in [3.63, 3.8) is 0 Å². The molecule has 2 aromatic carbocycles. The number of anilines is 2. The van der Waals surface area contributed by atoms with Gasteiger partial charge in [0.25, 0.3) is 11.4 Å². The van der Waals surface area contributed by atoms with E-state index in [0.717, 1.165) is 25.3 Å². The van der Waals surface area contributed by atoms with E-state index in [1.807, 2.05) is 23.1 Å². The summed E-state index contributed by atoms with van der Waals surface area (Å²) in [6.07, 6.45) is 2.53. The minimum Gasteiger partial charge on any atom is -0.361 e. The van der Waals surface area contributed by atoms with Crippen molar-refractivity contribution in [2.24, 2.45) is 0 Å². The summed E-state index contributed by atoms with van der Waals surface area (Å²) >= 11 is 0. The van der Waals surface area contributed by atoms with Crippen molar-refractivity contribution >= 4 is 28.8 Å². The number of nitro groups is 2. The van der Waals surface area contributed by atoms with Crippen LogP contribution in [0.1, 0.15) is 19.3 Å². The van der Waals surface area contributed by atoms with Gasteiger partial charge in [-0.25, -0.2) is 4.79 Å². The number of para-hydroxylation sites is 1. The van der Waals surface area contributed by atoms with Crippen molar-refractivity contribution in [2.75, 3.05) is 23.3 Å². The smallest absolute Gasteiger partial charge is 0.319 e. The molecule has 0 radical (unpaired) electrons. The van der Waals surface area contributed by atoms with E-state index in [1.165, 1.54) is 12.1 Å².